The minimum Gasteiger partial charge on any atom is -0.426 e. The summed E-state index contributed by atoms with van der Waals surface area (Å²) in [5.74, 6) is 1.95. The van der Waals surface area contributed by atoms with E-state index >= 15 is 0 Å². The lowest BCUT2D eigenvalue weighted by Gasteiger charge is -2.09. The van der Waals surface area contributed by atoms with E-state index < -0.39 is 0 Å². The standard InChI is InChI=1S/C9H8BN2/c1-2-7-11-8(4-1)9-5-3-6-10-12-9/h1-7,12H. The molecule has 2 rings (SSSR count). The van der Waals surface area contributed by atoms with Gasteiger partial charge < -0.3 is 5.23 Å². The zero-order valence-electron chi connectivity index (χ0n) is 6.57. The van der Waals surface area contributed by atoms with Gasteiger partial charge in [0, 0.05) is 11.9 Å². The van der Waals surface area contributed by atoms with Gasteiger partial charge in [-0.15, -0.1) is 0 Å². The lowest BCUT2D eigenvalue weighted by atomic mass is 9.90. The van der Waals surface area contributed by atoms with Crippen LogP contribution in [0.1, 0.15) is 5.69 Å². The molecular formula is C9H8BN2. The van der Waals surface area contributed by atoms with Gasteiger partial charge in [0.15, 0.2) is 0 Å². The summed E-state index contributed by atoms with van der Waals surface area (Å²) in [6.45, 7) is 0. The maximum Gasteiger partial charge on any atom is 0.274 e. The van der Waals surface area contributed by atoms with Gasteiger partial charge in [0.25, 0.3) is 7.41 Å². The minimum atomic E-state index is 0.970. The van der Waals surface area contributed by atoms with Crippen molar-refractivity contribution in [3.05, 3.63) is 48.2 Å². The Labute approximate surface area is 72.3 Å². The monoisotopic (exact) mass is 155 g/mol. The second-order valence-electron chi connectivity index (χ2n) is 2.49. The first-order valence-corrected chi connectivity index (χ1v) is 3.85. The molecule has 0 saturated heterocycles. The lowest BCUT2D eigenvalue weighted by molar-refractivity contribution is 1.22. The van der Waals surface area contributed by atoms with Gasteiger partial charge in [-0.1, -0.05) is 18.1 Å². The van der Waals surface area contributed by atoms with Crippen LogP contribution in [0, 0.1) is 0 Å². The highest BCUT2D eigenvalue weighted by Crippen LogP contribution is 2.08. The second-order valence-corrected chi connectivity index (χ2v) is 2.49. The summed E-state index contributed by atoms with van der Waals surface area (Å²) in [6.07, 6.45) is 5.78. The van der Waals surface area contributed by atoms with Crippen molar-refractivity contribution in [3.63, 3.8) is 0 Å². The van der Waals surface area contributed by atoms with Crippen LogP contribution in [0.25, 0.3) is 5.70 Å². The van der Waals surface area contributed by atoms with Crippen molar-refractivity contribution in [2.75, 3.05) is 0 Å². The summed E-state index contributed by atoms with van der Waals surface area (Å²) in [5.41, 5.74) is 2.01. The number of aromatic nitrogens is 1. The summed E-state index contributed by atoms with van der Waals surface area (Å²) < 4.78 is 0. The van der Waals surface area contributed by atoms with Crippen LogP contribution < -0.4 is 5.23 Å². The van der Waals surface area contributed by atoms with E-state index in [1.54, 1.807) is 6.20 Å². The van der Waals surface area contributed by atoms with Gasteiger partial charge in [0.1, 0.15) is 0 Å². The lowest BCUT2D eigenvalue weighted by Crippen LogP contribution is -2.18. The molecule has 0 saturated carbocycles. The van der Waals surface area contributed by atoms with Crippen molar-refractivity contribution in [2.45, 2.75) is 0 Å². The van der Waals surface area contributed by atoms with Gasteiger partial charge in [0.05, 0.1) is 5.69 Å². The van der Waals surface area contributed by atoms with Crippen molar-refractivity contribution in [1.82, 2.24) is 10.2 Å². The fourth-order valence-corrected chi connectivity index (χ4v) is 1.07. The maximum atomic E-state index is 4.22. The number of allylic oxidation sites excluding steroid dienone is 2. The van der Waals surface area contributed by atoms with Crippen LogP contribution in [0.4, 0.5) is 0 Å². The first kappa shape index (κ1) is 7.16. The van der Waals surface area contributed by atoms with Gasteiger partial charge in [-0.2, -0.15) is 0 Å². The Hall–Kier alpha value is -1.51. The normalized spacial score (nSPS) is 14.5. The van der Waals surface area contributed by atoms with E-state index in [1.165, 1.54) is 0 Å². The average Bonchev–Trinajstić information content (AvgIpc) is 2.21. The van der Waals surface area contributed by atoms with E-state index in [0.717, 1.165) is 11.4 Å². The largest absolute Gasteiger partial charge is 0.426 e. The van der Waals surface area contributed by atoms with E-state index in [0.29, 0.717) is 0 Å². The number of nitrogens with one attached hydrogen (secondary N) is 1. The molecule has 0 amide bonds. The van der Waals surface area contributed by atoms with Gasteiger partial charge >= 0.3 is 0 Å². The van der Waals surface area contributed by atoms with E-state index in [1.807, 2.05) is 43.7 Å². The molecule has 0 unspecified atom stereocenters. The molecule has 12 heavy (non-hydrogen) atoms. The number of nitrogens with zero attached hydrogens (tertiary/aromatic N) is 1. The van der Waals surface area contributed by atoms with E-state index in [-0.39, 0.29) is 0 Å². The van der Waals surface area contributed by atoms with Crippen molar-refractivity contribution in [2.24, 2.45) is 0 Å². The van der Waals surface area contributed by atoms with Crippen molar-refractivity contribution in [1.29, 1.82) is 0 Å². The predicted molar refractivity (Wildman–Crippen MR) is 50.2 cm³/mol. The maximum absolute atomic E-state index is 4.22. The van der Waals surface area contributed by atoms with Crippen molar-refractivity contribution >= 4 is 13.1 Å². The van der Waals surface area contributed by atoms with Crippen LogP contribution in [-0.4, -0.2) is 12.4 Å². The topological polar surface area (TPSA) is 24.9 Å². The third-order valence-corrected chi connectivity index (χ3v) is 1.65. The number of rotatable bonds is 1. The Morgan fingerprint density at radius 1 is 1.33 bits per heavy atom. The summed E-state index contributed by atoms with van der Waals surface area (Å²) in [7, 11) is 1.89. The van der Waals surface area contributed by atoms with E-state index in [2.05, 4.69) is 10.2 Å². The molecule has 2 heterocycles. The molecule has 1 aliphatic rings. The number of hydrogen-bond donors (Lipinski definition) is 1. The van der Waals surface area contributed by atoms with Gasteiger partial charge in [0.2, 0.25) is 0 Å². The van der Waals surface area contributed by atoms with Gasteiger partial charge in [-0.25, -0.2) is 0 Å². The van der Waals surface area contributed by atoms with Crippen molar-refractivity contribution in [3.8, 4) is 0 Å². The highest BCUT2D eigenvalue weighted by Gasteiger charge is 2.01. The molecule has 1 aliphatic heterocycles. The highest BCUT2D eigenvalue weighted by molar-refractivity contribution is 6.41. The zero-order chi connectivity index (χ0) is 8.23. The van der Waals surface area contributed by atoms with Crippen LogP contribution in [0.15, 0.2) is 42.5 Å². The summed E-state index contributed by atoms with van der Waals surface area (Å²) >= 11 is 0. The van der Waals surface area contributed by atoms with Crippen LogP contribution in [0.5, 0.6) is 0 Å². The molecule has 0 aliphatic carbocycles. The third-order valence-electron chi connectivity index (χ3n) is 1.65. The first-order chi connectivity index (χ1) is 5.97. The number of pyridine rings is 1. The Bertz CT molecular complexity index is 317. The van der Waals surface area contributed by atoms with Gasteiger partial charge in [-0.05, 0) is 18.2 Å². The fourth-order valence-electron chi connectivity index (χ4n) is 1.07. The van der Waals surface area contributed by atoms with E-state index in [9.17, 15) is 0 Å². The molecule has 0 aromatic carbocycles. The molecule has 0 bridgehead atoms. The molecule has 2 nitrogen and oxygen atoms in total. The van der Waals surface area contributed by atoms with E-state index in [4.69, 9.17) is 0 Å². The SMILES string of the molecule is [B]1C=CC=C(c2ccccn2)N1. The molecular weight excluding hydrogens is 147 g/mol. The summed E-state index contributed by atoms with van der Waals surface area (Å²) in [6, 6.07) is 5.86. The molecule has 1 aromatic rings. The van der Waals surface area contributed by atoms with Crippen molar-refractivity contribution < 1.29 is 0 Å². The van der Waals surface area contributed by atoms with Crippen LogP contribution in [0.2, 0.25) is 0 Å². The molecule has 3 heteroatoms. The summed E-state index contributed by atoms with van der Waals surface area (Å²) in [5, 5.41) is 3.12. The second kappa shape index (κ2) is 3.26. The molecule has 0 fully saturated rings. The molecule has 57 valence electrons. The average molecular weight is 155 g/mol. The Kier molecular flexibility index (Phi) is 1.95. The Balaban J connectivity index is 2.31. The Morgan fingerprint density at radius 2 is 2.33 bits per heavy atom. The quantitative estimate of drug-likeness (QED) is 0.615. The highest BCUT2D eigenvalue weighted by atomic mass is 14.8. The van der Waals surface area contributed by atoms with Crippen LogP contribution in [0.3, 0.4) is 0 Å². The smallest absolute Gasteiger partial charge is 0.274 e. The Morgan fingerprint density at radius 3 is 3.00 bits per heavy atom. The number of hydrogen-bond acceptors (Lipinski definition) is 2. The zero-order valence-corrected chi connectivity index (χ0v) is 6.57. The molecule has 1 aromatic heterocycles. The minimum absolute atomic E-state index is 0.970. The molecule has 1 radical (unpaired) electrons. The van der Waals surface area contributed by atoms with Crippen LogP contribution >= 0.6 is 0 Å². The molecule has 1 N–H and O–H groups in total. The molecule has 0 spiro atoms. The first-order valence-electron chi connectivity index (χ1n) is 3.85. The predicted octanol–water partition coefficient (Wildman–Crippen LogP) is 1.16. The molecule has 0 atom stereocenters. The van der Waals surface area contributed by atoms with Crippen LogP contribution in [-0.2, 0) is 0 Å². The summed E-state index contributed by atoms with van der Waals surface area (Å²) in [4.78, 5) is 4.22. The third kappa shape index (κ3) is 1.40. The van der Waals surface area contributed by atoms with Gasteiger partial charge in [-0.3, -0.25) is 4.98 Å². The fraction of sp³-hybridized carbons (Fsp3) is 0.